The van der Waals surface area contributed by atoms with Gasteiger partial charge in [0.2, 0.25) is 5.82 Å². The number of nitrogens with one attached hydrogen (secondary N) is 1. The van der Waals surface area contributed by atoms with Gasteiger partial charge in [-0.15, -0.1) is 0 Å². The molecule has 1 aromatic carbocycles. The van der Waals surface area contributed by atoms with Gasteiger partial charge in [-0.3, -0.25) is 4.79 Å². The van der Waals surface area contributed by atoms with Crippen molar-refractivity contribution in [1.82, 2.24) is 15.3 Å². The summed E-state index contributed by atoms with van der Waals surface area (Å²) in [5, 5.41) is 13.5. The van der Waals surface area contributed by atoms with Gasteiger partial charge < -0.3 is 15.2 Å². The van der Waals surface area contributed by atoms with Crippen LogP contribution in [0.15, 0.2) is 24.4 Å². The van der Waals surface area contributed by atoms with Crippen molar-refractivity contribution < 1.29 is 23.4 Å². The Balaban J connectivity index is 1.65. The molecule has 0 amide bonds. The molecular weight excluding hydrogens is 404 g/mol. The summed E-state index contributed by atoms with van der Waals surface area (Å²) in [6.45, 7) is 3.01. The molecule has 2 aromatic rings. The van der Waals surface area contributed by atoms with Gasteiger partial charge in [0.05, 0.1) is 6.20 Å². The topological polar surface area (TPSA) is 84.3 Å². The van der Waals surface area contributed by atoms with Crippen LogP contribution < -0.4 is 10.1 Å². The number of halogens is 3. The number of hydrogen-bond donors (Lipinski definition) is 2. The molecule has 1 spiro atoms. The summed E-state index contributed by atoms with van der Waals surface area (Å²) >= 11 is 5.73. The molecule has 9 heteroatoms. The van der Waals surface area contributed by atoms with Gasteiger partial charge in [0.15, 0.2) is 5.82 Å². The molecular formula is C20H20ClF2N3O3. The Morgan fingerprint density at radius 3 is 2.72 bits per heavy atom. The maximum Gasteiger partial charge on any atom is 0.318 e. The van der Waals surface area contributed by atoms with Gasteiger partial charge in [-0.2, -0.15) is 9.37 Å². The summed E-state index contributed by atoms with van der Waals surface area (Å²) in [6, 6.07) is 4.06. The van der Waals surface area contributed by atoms with Crippen LogP contribution in [0, 0.1) is 23.0 Å². The normalized spacial score (nSPS) is 25.0. The Labute approximate surface area is 171 Å². The maximum atomic E-state index is 14.3. The lowest BCUT2D eigenvalue weighted by atomic mass is 9.84. The van der Waals surface area contributed by atoms with Crippen molar-refractivity contribution in [2.75, 3.05) is 13.1 Å². The summed E-state index contributed by atoms with van der Waals surface area (Å²) < 4.78 is 33.6. The van der Waals surface area contributed by atoms with Crippen LogP contribution in [0.5, 0.6) is 5.88 Å². The fourth-order valence-electron chi connectivity index (χ4n) is 4.85. The predicted octanol–water partition coefficient (Wildman–Crippen LogP) is 3.33. The highest BCUT2D eigenvalue weighted by molar-refractivity contribution is 6.30. The fraction of sp³-hybridized carbons (Fsp3) is 0.450. The molecule has 1 aliphatic heterocycles. The second kappa shape index (κ2) is 7.18. The van der Waals surface area contributed by atoms with E-state index in [0.29, 0.717) is 25.9 Å². The van der Waals surface area contributed by atoms with Crippen molar-refractivity contribution in [2.45, 2.75) is 31.8 Å². The van der Waals surface area contributed by atoms with Gasteiger partial charge in [0.25, 0.3) is 5.88 Å². The van der Waals surface area contributed by atoms with E-state index in [1.54, 1.807) is 0 Å². The molecule has 2 atom stereocenters. The SMILES string of the molecule is CC1C2(CCNCC2)C1(C(=O)O)c1ncc(F)c(OCc2ccc(Cl)cc2F)n1. The molecule has 2 fully saturated rings. The van der Waals surface area contributed by atoms with Crippen LogP contribution in [0.1, 0.15) is 31.2 Å². The number of nitrogens with zero attached hydrogens (tertiary/aromatic N) is 2. The van der Waals surface area contributed by atoms with Crippen molar-refractivity contribution in [1.29, 1.82) is 0 Å². The molecule has 4 rings (SSSR count). The zero-order valence-corrected chi connectivity index (χ0v) is 16.5. The van der Waals surface area contributed by atoms with E-state index in [0.717, 1.165) is 12.3 Å². The maximum absolute atomic E-state index is 14.3. The van der Waals surface area contributed by atoms with Crippen LogP contribution >= 0.6 is 11.6 Å². The van der Waals surface area contributed by atoms with E-state index in [1.807, 2.05) is 6.92 Å². The zero-order chi connectivity index (χ0) is 20.8. The summed E-state index contributed by atoms with van der Waals surface area (Å²) in [4.78, 5) is 20.5. The highest BCUT2D eigenvalue weighted by Gasteiger charge is 2.80. The molecule has 2 aliphatic rings. The highest BCUT2D eigenvalue weighted by atomic mass is 35.5. The third-order valence-electron chi connectivity index (χ3n) is 6.46. The van der Waals surface area contributed by atoms with Crippen molar-refractivity contribution in [3.63, 3.8) is 0 Å². The average Bonchev–Trinajstić information content (AvgIpc) is 3.20. The fourth-order valence-corrected chi connectivity index (χ4v) is 5.01. The van der Waals surface area contributed by atoms with Crippen LogP contribution in [0.3, 0.4) is 0 Å². The Bertz CT molecular complexity index is 968. The minimum atomic E-state index is -1.29. The first-order chi connectivity index (χ1) is 13.8. The largest absolute Gasteiger partial charge is 0.480 e. The summed E-state index contributed by atoms with van der Waals surface area (Å²) in [5.74, 6) is -3.00. The average molecular weight is 424 g/mol. The number of ether oxygens (including phenoxy) is 1. The first-order valence-corrected chi connectivity index (χ1v) is 9.74. The van der Waals surface area contributed by atoms with Gasteiger partial charge in [-0.25, -0.2) is 9.37 Å². The summed E-state index contributed by atoms with van der Waals surface area (Å²) in [6.07, 6.45) is 2.27. The molecule has 1 aromatic heterocycles. The molecule has 6 nitrogen and oxygen atoms in total. The molecule has 0 bridgehead atoms. The van der Waals surface area contributed by atoms with Gasteiger partial charge >= 0.3 is 5.97 Å². The van der Waals surface area contributed by atoms with E-state index in [2.05, 4.69) is 15.3 Å². The zero-order valence-electron chi connectivity index (χ0n) is 15.7. The highest BCUT2D eigenvalue weighted by Crippen LogP contribution is 2.73. The van der Waals surface area contributed by atoms with Gasteiger partial charge in [-0.1, -0.05) is 24.6 Å². The number of carboxylic acid groups (broad SMARTS) is 1. The van der Waals surface area contributed by atoms with Gasteiger partial charge in [-0.05, 0) is 44.0 Å². The Kier molecular flexibility index (Phi) is 4.94. The van der Waals surface area contributed by atoms with Crippen LogP contribution in [-0.2, 0) is 16.8 Å². The standard InChI is InChI=1S/C20H20ClF2N3O3/c1-11-19(4-6-24-7-5-19)20(11,18(27)28)17-25-9-15(23)16(26-17)29-10-12-2-3-13(21)8-14(12)22/h2-3,8-9,11,24H,4-7,10H2,1H3,(H,27,28). The second-order valence-corrected chi connectivity index (χ2v) is 8.05. The van der Waals surface area contributed by atoms with Crippen molar-refractivity contribution >= 4 is 17.6 Å². The van der Waals surface area contributed by atoms with Crippen LogP contribution in [0.2, 0.25) is 5.02 Å². The van der Waals surface area contributed by atoms with Gasteiger partial charge in [0, 0.05) is 16.0 Å². The molecule has 1 saturated heterocycles. The number of piperidine rings is 1. The van der Waals surface area contributed by atoms with Crippen LogP contribution in [0.25, 0.3) is 0 Å². The second-order valence-electron chi connectivity index (χ2n) is 7.61. The molecule has 2 unspecified atom stereocenters. The minimum absolute atomic E-state index is 0.0346. The van der Waals surface area contributed by atoms with E-state index in [1.165, 1.54) is 12.1 Å². The number of hydrogen-bond acceptors (Lipinski definition) is 5. The van der Waals surface area contributed by atoms with Gasteiger partial charge in [0.1, 0.15) is 17.8 Å². The Hall–Kier alpha value is -2.32. The summed E-state index contributed by atoms with van der Waals surface area (Å²) in [7, 11) is 0. The van der Waals surface area contributed by atoms with Crippen molar-refractivity contribution in [3.05, 3.63) is 52.4 Å². The molecule has 2 N–H and O–H groups in total. The number of benzene rings is 1. The first kappa shape index (κ1) is 20.0. The molecule has 0 radical (unpaired) electrons. The van der Waals surface area contributed by atoms with Crippen molar-refractivity contribution in [2.24, 2.45) is 11.3 Å². The molecule has 1 saturated carbocycles. The summed E-state index contributed by atoms with van der Waals surface area (Å²) in [5.41, 5.74) is -1.58. The number of carbonyl (C=O) groups is 1. The van der Waals surface area contributed by atoms with E-state index in [4.69, 9.17) is 16.3 Å². The first-order valence-electron chi connectivity index (χ1n) is 9.37. The third-order valence-corrected chi connectivity index (χ3v) is 6.69. The lowest BCUT2D eigenvalue weighted by molar-refractivity contribution is -0.142. The predicted molar refractivity (Wildman–Crippen MR) is 101 cm³/mol. The molecule has 154 valence electrons. The smallest absolute Gasteiger partial charge is 0.318 e. The van der Waals surface area contributed by atoms with Crippen LogP contribution in [0.4, 0.5) is 8.78 Å². The lowest BCUT2D eigenvalue weighted by Crippen LogP contribution is -2.37. The number of carboxylic acids is 1. The molecule has 29 heavy (non-hydrogen) atoms. The number of aliphatic carboxylic acids is 1. The third kappa shape index (κ3) is 2.97. The van der Waals surface area contributed by atoms with Crippen LogP contribution in [-0.4, -0.2) is 34.1 Å². The van der Waals surface area contributed by atoms with E-state index >= 15 is 0 Å². The number of rotatable bonds is 5. The van der Waals surface area contributed by atoms with E-state index < -0.39 is 34.3 Å². The quantitative estimate of drug-likeness (QED) is 0.767. The minimum Gasteiger partial charge on any atom is -0.480 e. The Morgan fingerprint density at radius 1 is 1.34 bits per heavy atom. The monoisotopic (exact) mass is 423 g/mol. The Morgan fingerprint density at radius 2 is 2.07 bits per heavy atom. The van der Waals surface area contributed by atoms with Crippen molar-refractivity contribution in [3.8, 4) is 5.88 Å². The molecule has 1 aliphatic carbocycles. The molecule has 2 heterocycles. The van der Waals surface area contributed by atoms with E-state index in [9.17, 15) is 18.7 Å². The van der Waals surface area contributed by atoms with E-state index in [-0.39, 0.29) is 28.9 Å². The lowest BCUT2D eigenvalue weighted by Gasteiger charge is -2.27. The number of aromatic nitrogens is 2.